The normalized spacial score (nSPS) is 11.8. The van der Waals surface area contributed by atoms with Crippen molar-refractivity contribution >= 4 is 43.4 Å². The zero-order valence-electron chi connectivity index (χ0n) is 18.5. The van der Waals surface area contributed by atoms with Gasteiger partial charge in [-0.1, -0.05) is 38.1 Å². The lowest BCUT2D eigenvalue weighted by atomic mass is 10.1. The monoisotopic (exact) mass is 463 g/mol. The van der Waals surface area contributed by atoms with Crippen LogP contribution in [0.1, 0.15) is 13.8 Å². The number of fused-ring (bicyclic) bond motifs is 2. The summed E-state index contributed by atoms with van der Waals surface area (Å²) < 4.78 is 28.5. The number of carbonyl (C=O) groups excluding carboxylic acids is 1. The summed E-state index contributed by atoms with van der Waals surface area (Å²) in [6, 6.07) is 20.6. The van der Waals surface area contributed by atoms with Crippen LogP contribution in [-0.2, 0) is 21.4 Å². The molecule has 0 unspecified atom stereocenters. The van der Waals surface area contributed by atoms with Crippen molar-refractivity contribution in [1.82, 2.24) is 8.87 Å². The molecule has 0 saturated carbocycles. The zero-order valence-corrected chi connectivity index (χ0v) is 19.3. The van der Waals surface area contributed by atoms with Gasteiger partial charge in [-0.15, -0.1) is 0 Å². The van der Waals surface area contributed by atoms with Gasteiger partial charge in [-0.25, -0.2) is 8.42 Å². The second-order valence-electron chi connectivity index (χ2n) is 7.61. The van der Waals surface area contributed by atoms with Crippen molar-refractivity contribution in [3.05, 3.63) is 83.0 Å². The Balaban J connectivity index is 1.62. The van der Waals surface area contributed by atoms with Crippen LogP contribution >= 0.6 is 0 Å². The van der Waals surface area contributed by atoms with Gasteiger partial charge in [0.1, 0.15) is 6.54 Å². The third-order valence-corrected chi connectivity index (χ3v) is 7.73. The molecule has 0 fully saturated rings. The second-order valence-corrected chi connectivity index (χ2v) is 9.55. The standard InChI is InChI=1S/C25H25N3O4S/c1-3-27(4-2)33(31,32)19-15-13-18(14-16-19)26-24(29)17-28-22-11-7-5-9-20(22)25(30)21-10-6-8-12-23(21)28/h5-16H,3-4,17H2,1-2H3,(H,26,29). The molecule has 7 nitrogen and oxygen atoms in total. The average molecular weight is 464 g/mol. The van der Waals surface area contributed by atoms with Crippen LogP contribution in [0.5, 0.6) is 0 Å². The fourth-order valence-electron chi connectivity index (χ4n) is 4.01. The number of hydrogen-bond acceptors (Lipinski definition) is 4. The van der Waals surface area contributed by atoms with Crippen LogP contribution in [0.3, 0.4) is 0 Å². The number of nitrogens with one attached hydrogen (secondary N) is 1. The predicted octanol–water partition coefficient (Wildman–Crippen LogP) is 3.82. The molecule has 1 aromatic heterocycles. The van der Waals surface area contributed by atoms with Gasteiger partial charge in [0.05, 0.1) is 15.9 Å². The molecular formula is C25H25N3O4S. The van der Waals surface area contributed by atoms with Gasteiger partial charge in [-0.3, -0.25) is 9.59 Å². The SMILES string of the molecule is CCN(CC)S(=O)(=O)c1ccc(NC(=O)Cn2c3ccccc3c(=O)c3ccccc32)cc1. The third-order valence-electron chi connectivity index (χ3n) is 5.66. The van der Waals surface area contributed by atoms with E-state index >= 15 is 0 Å². The van der Waals surface area contributed by atoms with Crippen molar-refractivity contribution in [3.63, 3.8) is 0 Å². The summed E-state index contributed by atoms with van der Waals surface area (Å²) in [5.41, 5.74) is 1.78. The second kappa shape index (κ2) is 9.17. The van der Waals surface area contributed by atoms with Crippen LogP contribution in [0.25, 0.3) is 21.8 Å². The van der Waals surface area contributed by atoms with Crippen molar-refractivity contribution in [2.24, 2.45) is 0 Å². The Labute approximate surface area is 192 Å². The van der Waals surface area contributed by atoms with Gasteiger partial charge in [0.15, 0.2) is 5.43 Å². The molecule has 0 spiro atoms. The van der Waals surface area contributed by atoms with Crippen LogP contribution in [0.4, 0.5) is 5.69 Å². The number of hydrogen-bond donors (Lipinski definition) is 1. The Morgan fingerprint density at radius 2 is 1.36 bits per heavy atom. The van der Waals surface area contributed by atoms with Crippen LogP contribution in [0, 0.1) is 0 Å². The van der Waals surface area contributed by atoms with Crippen LogP contribution in [-0.4, -0.2) is 36.3 Å². The molecule has 3 aromatic carbocycles. The Hall–Kier alpha value is -3.49. The minimum absolute atomic E-state index is 0.000798. The first-order valence-electron chi connectivity index (χ1n) is 10.8. The molecule has 4 aromatic rings. The van der Waals surface area contributed by atoms with E-state index in [-0.39, 0.29) is 22.8 Å². The number of sulfonamides is 1. The lowest BCUT2D eigenvalue weighted by Gasteiger charge is -2.18. The smallest absolute Gasteiger partial charge is 0.244 e. The summed E-state index contributed by atoms with van der Waals surface area (Å²) in [6.07, 6.45) is 0. The number of aromatic nitrogens is 1. The van der Waals surface area contributed by atoms with Crippen LogP contribution in [0.2, 0.25) is 0 Å². The molecular weight excluding hydrogens is 438 g/mol. The highest BCUT2D eigenvalue weighted by atomic mass is 32.2. The Kier molecular flexibility index (Phi) is 6.31. The van der Waals surface area contributed by atoms with E-state index in [1.807, 2.05) is 28.8 Å². The summed E-state index contributed by atoms with van der Waals surface area (Å²) >= 11 is 0. The molecule has 0 bridgehead atoms. The minimum Gasteiger partial charge on any atom is -0.331 e. The van der Waals surface area contributed by atoms with Crippen LogP contribution < -0.4 is 10.7 Å². The summed E-state index contributed by atoms with van der Waals surface area (Å²) in [5.74, 6) is -0.284. The van der Waals surface area contributed by atoms with E-state index in [1.165, 1.54) is 16.4 Å². The van der Waals surface area contributed by atoms with E-state index in [4.69, 9.17) is 0 Å². The molecule has 0 aliphatic carbocycles. The maximum absolute atomic E-state index is 12.9. The first-order chi connectivity index (χ1) is 15.9. The molecule has 0 aliphatic rings. The number of pyridine rings is 1. The van der Waals surface area contributed by atoms with E-state index in [1.54, 1.807) is 50.2 Å². The predicted molar refractivity (Wildman–Crippen MR) is 131 cm³/mol. The lowest BCUT2D eigenvalue weighted by Crippen LogP contribution is -2.30. The van der Waals surface area contributed by atoms with E-state index in [0.717, 1.165) is 0 Å². The molecule has 1 heterocycles. The van der Waals surface area contributed by atoms with E-state index < -0.39 is 10.0 Å². The molecule has 0 radical (unpaired) electrons. The summed E-state index contributed by atoms with van der Waals surface area (Å²) in [7, 11) is -3.56. The maximum Gasteiger partial charge on any atom is 0.244 e. The molecule has 33 heavy (non-hydrogen) atoms. The van der Waals surface area contributed by atoms with Crippen molar-refractivity contribution in [1.29, 1.82) is 0 Å². The minimum atomic E-state index is -3.56. The highest BCUT2D eigenvalue weighted by molar-refractivity contribution is 7.89. The van der Waals surface area contributed by atoms with Gasteiger partial charge >= 0.3 is 0 Å². The highest BCUT2D eigenvalue weighted by Gasteiger charge is 2.21. The molecule has 4 rings (SSSR count). The summed E-state index contributed by atoms with van der Waals surface area (Å²) in [6.45, 7) is 4.36. The zero-order chi connectivity index (χ0) is 23.6. The van der Waals surface area contributed by atoms with Gasteiger partial charge < -0.3 is 9.88 Å². The van der Waals surface area contributed by atoms with E-state index in [9.17, 15) is 18.0 Å². The van der Waals surface area contributed by atoms with Gasteiger partial charge in [-0.05, 0) is 48.5 Å². The largest absolute Gasteiger partial charge is 0.331 e. The first kappa shape index (κ1) is 22.7. The molecule has 170 valence electrons. The van der Waals surface area contributed by atoms with Crippen molar-refractivity contribution in [2.45, 2.75) is 25.3 Å². The van der Waals surface area contributed by atoms with Crippen molar-refractivity contribution in [2.75, 3.05) is 18.4 Å². The van der Waals surface area contributed by atoms with Crippen molar-refractivity contribution in [3.8, 4) is 0 Å². The number of para-hydroxylation sites is 2. The van der Waals surface area contributed by atoms with E-state index in [0.29, 0.717) is 40.6 Å². The first-order valence-corrected chi connectivity index (χ1v) is 12.2. The molecule has 0 aliphatic heterocycles. The Morgan fingerprint density at radius 1 is 0.848 bits per heavy atom. The van der Waals surface area contributed by atoms with E-state index in [2.05, 4.69) is 5.32 Å². The van der Waals surface area contributed by atoms with Gasteiger partial charge in [0.25, 0.3) is 0 Å². The topological polar surface area (TPSA) is 88.5 Å². The number of nitrogens with zero attached hydrogens (tertiary/aromatic N) is 2. The van der Waals surface area contributed by atoms with Crippen LogP contribution in [0.15, 0.2) is 82.5 Å². The number of rotatable bonds is 7. The fourth-order valence-corrected chi connectivity index (χ4v) is 5.47. The summed E-state index contributed by atoms with van der Waals surface area (Å²) in [5, 5.41) is 3.93. The Bertz CT molecular complexity index is 1430. The van der Waals surface area contributed by atoms with Crippen molar-refractivity contribution < 1.29 is 13.2 Å². The van der Waals surface area contributed by atoms with Gasteiger partial charge in [0, 0.05) is 29.5 Å². The molecule has 0 saturated heterocycles. The summed E-state index contributed by atoms with van der Waals surface area (Å²) in [4.78, 5) is 25.9. The maximum atomic E-state index is 12.9. The molecule has 0 atom stereocenters. The number of anilines is 1. The quantitative estimate of drug-likeness (QED) is 0.422. The third kappa shape index (κ3) is 4.27. The number of benzene rings is 3. The fraction of sp³-hybridized carbons (Fsp3) is 0.200. The average Bonchev–Trinajstić information content (AvgIpc) is 2.83. The van der Waals surface area contributed by atoms with Gasteiger partial charge in [-0.2, -0.15) is 4.31 Å². The highest BCUT2D eigenvalue weighted by Crippen LogP contribution is 2.21. The molecule has 1 amide bonds. The molecule has 1 N–H and O–H groups in total. The van der Waals surface area contributed by atoms with Gasteiger partial charge in [0.2, 0.25) is 15.9 Å². The molecule has 8 heteroatoms. The lowest BCUT2D eigenvalue weighted by molar-refractivity contribution is -0.116. The Morgan fingerprint density at radius 3 is 1.88 bits per heavy atom. The number of carbonyl (C=O) groups is 1. The number of amides is 1.